The van der Waals surface area contributed by atoms with Crippen molar-refractivity contribution in [3.05, 3.63) is 81.9 Å². The molecule has 1 fully saturated rings. The Hall–Kier alpha value is -2.99. The predicted octanol–water partition coefficient (Wildman–Crippen LogP) is 2.33. The summed E-state index contributed by atoms with van der Waals surface area (Å²) < 4.78 is 14.7. The van der Waals surface area contributed by atoms with E-state index in [1.54, 1.807) is 28.6 Å². The van der Waals surface area contributed by atoms with E-state index < -0.39 is 0 Å². The van der Waals surface area contributed by atoms with Crippen LogP contribution in [-0.4, -0.2) is 41.1 Å². The van der Waals surface area contributed by atoms with Crippen LogP contribution in [0.5, 0.6) is 0 Å². The topological polar surface area (TPSA) is 54.3 Å². The molecule has 6 heteroatoms. The van der Waals surface area contributed by atoms with Crippen LogP contribution in [0.2, 0.25) is 0 Å². The fourth-order valence-corrected chi connectivity index (χ4v) is 3.81. The third-order valence-electron chi connectivity index (χ3n) is 5.32. The minimum atomic E-state index is -0.255. The van der Waals surface area contributed by atoms with Crippen LogP contribution in [0.1, 0.15) is 15.9 Å². The van der Waals surface area contributed by atoms with Crippen LogP contribution >= 0.6 is 0 Å². The Balaban J connectivity index is 1.58. The lowest BCUT2D eigenvalue weighted by Gasteiger charge is -2.34. The summed E-state index contributed by atoms with van der Waals surface area (Å²) in [5.41, 5.74) is 2.02. The van der Waals surface area contributed by atoms with E-state index in [1.807, 2.05) is 24.3 Å². The fraction of sp³-hybridized carbons (Fsp3) is 0.273. The number of benzene rings is 2. The van der Waals surface area contributed by atoms with Crippen LogP contribution in [0.4, 0.5) is 4.39 Å². The number of carbonyl (C=O) groups is 1. The molecule has 1 unspecified atom stereocenters. The highest BCUT2D eigenvalue weighted by Gasteiger charge is 2.26. The second-order valence-electron chi connectivity index (χ2n) is 7.21. The van der Waals surface area contributed by atoms with Crippen LogP contribution in [0.3, 0.4) is 0 Å². The summed E-state index contributed by atoms with van der Waals surface area (Å²) in [7, 11) is 1.71. The van der Waals surface area contributed by atoms with E-state index in [9.17, 15) is 14.0 Å². The first kappa shape index (κ1) is 18.4. The second kappa shape index (κ2) is 7.56. The summed E-state index contributed by atoms with van der Waals surface area (Å²) >= 11 is 0. The van der Waals surface area contributed by atoms with E-state index in [4.69, 9.17) is 0 Å². The number of rotatable bonds is 3. The van der Waals surface area contributed by atoms with Crippen LogP contribution in [-0.2, 0) is 13.5 Å². The molecule has 1 aliphatic rings. The zero-order chi connectivity index (χ0) is 19.7. The summed E-state index contributed by atoms with van der Waals surface area (Å²) in [6.45, 7) is 1.81. The third-order valence-corrected chi connectivity index (χ3v) is 5.32. The Morgan fingerprint density at radius 1 is 1.18 bits per heavy atom. The molecule has 5 nitrogen and oxygen atoms in total. The van der Waals surface area contributed by atoms with E-state index in [-0.39, 0.29) is 23.3 Å². The number of hydrogen-bond donors (Lipinski definition) is 1. The maximum atomic E-state index is 13.2. The van der Waals surface area contributed by atoms with Crippen molar-refractivity contribution in [1.29, 1.82) is 0 Å². The molecule has 1 aromatic heterocycles. The molecule has 1 saturated heterocycles. The number of nitrogens with one attached hydrogen (secondary N) is 1. The highest BCUT2D eigenvalue weighted by atomic mass is 19.1. The van der Waals surface area contributed by atoms with Crippen molar-refractivity contribution in [2.75, 3.05) is 19.6 Å². The van der Waals surface area contributed by atoms with Gasteiger partial charge in [0.25, 0.3) is 11.5 Å². The molecule has 0 spiro atoms. The van der Waals surface area contributed by atoms with E-state index in [2.05, 4.69) is 5.32 Å². The summed E-state index contributed by atoms with van der Waals surface area (Å²) in [6, 6.07) is 15.4. The number of para-hydroxylation sites is 1. The first-order valence-corrected chi connectivity index (χ1v) is 9.39. The quantitative estimate of drug-likeness (QED) is 0.760. The number of aryl methyl sites for hydroxylation is 1. The molecule has 1 N–H and O–H groups in total. The molecule has 1 amide bonds. The number of amides is 1. The molecule has 3 aromatic rings. The van der Waals surface area contributed by atoms with Crippen LogP contribution in [0.25, 0.3) is 10.9 Å². The van der Waals surface area contributed by atoms with Crippen molar-refractivity contribution in [1.82, 2.24) is 14.8 Å². The van der Waals surface area contributed by atoms with E-state index in [0.717, 1.165) is 16.5 Å². The van der Waals surface area contributed by atoms with Crippen molar-refractivity contribution < 1.29 is 9.18 Å². The molecule has 2 aromatic carbocycles. The van der Waals surface area contributed by atoms with Crippen LogP contribution in [0, 0.1) is 5.82 Å². The van der Waals surface area contributed by atoms with Gasteiger partial charge in [-0.2, -0.15) is 0 Å². The molecular weight excluding hydrogens is 357 g/mol. The first-order valence-electron chi connectivity index (χ1n) is 9.39. The zero-order valence-corrected chi connectivity index (χ0v) is 15.7. The number of hydrogen-bond acceptors (Lipinski definition) is 3. The molecule has 28 heavy (non-hydrogen) atoms. The third kappa shape index (κ3) is 3.55. The van der Waals surface area contributed by atoms with Gasteiger partial charge in [0.05, 0.1) is 11.1 Å². The van der Waals surface area contributed by atoms with Crippen LogP contribution < -0.4 is 10.9 Å². The number of aromatic nitrogens is 1. The molecular formula is C22H22FN3O2. The lowest BCUT2D eigenvalue weighted by molar-refractivity contribution is 0.0704. The Bertz CT molecular complexity index is 1080. The highest BCUT2D eigenvalue weighted by molar-refractivity contribution is 6.06. The molecule has 4 rings (SSSR count). The second-order valence-corrected chi connectivity index (χ2v) is 7.21. The molecule has 144 valence electrons. The normalized spacial score (nSPS) is 17.1. The largest absolute Gasteiger partial charge is 0.336 e. The molecule has 0 bridgehead atoms. The van der Waals surface area contributed by atoms with Gasteiger partial charge < -0.3 is 14.8 Å². The van der Waals surface area contributed by atoms with Gasteiger partial charge in [0.15, 0.2) is 0 Å². The Kier molecular flexibility index (Phi) is 4.96. The average Bonchev–Trinajstić information content (AvgIpc) is 2.72. The zero-order valence-electron chi connectivity index (χ0n) is 15.7. The summed E-state index contributed by atoms with van der Waals surface area (Å²) in [5, 5.41) is 4.20. The SMILES string of the molecule is Cn1c(=O)cc(C(=O)N2CCNC(Cc3ccc(F)cc3)C2)c2ccccc21. The number of pyridine rings is 1. The van der Waals surface area contributed by atoms with Gasteiger partial charge in [0.2, 0.25) is 0 Å². The van der Waals surface area contributed by atoms with Gasteiger partial charge in [-0.05, 0) is 30.2 Å². The Morgan fingerprint density at radius 2 is 1.93 bits per heavy atom. The smallest absolute Gasteiger partial charge is 0.254 e. The predicted molar refractivity (Wildman–Crippen MR) is 107 cm³/mol. The van der Waals surface area contributed by atoms with Gasteiger partial charge in [-0.1, -0.05) is 30.3 Å². The van der Waals surface area contributed by atoms with Gasteiger partial charge in [0, 0.05) is 44.2 Å². The van der Waals surface area contributed by atoms with Crippen molar-refractivity contribution in [2.24, 2.45) is 7.05 Å². The maximum absolute atomic E-state index is 13.2. The summed E-state index contributed by atoms with van der Waals surface area (Å²) in [5.74, 6) is -0.380. The van der Waals surface area contributed by atoms with Crippen LogP contribution in [0.15, 0.2) is 59.4 Å². The molecule has 2 heterocycles. The highest BCUT2D eigenvalue weighted by Crippen LogP contribution is 2.19. The summed E-state index contributed by atoms with van der Waals surface area (Å²) in [4.78, 5) is 27.3. The van der Waals surface area contributed by atoms with Crippen molar-refractivity contribution in [2.45, 2.75) is 12.5 Å². The minimum Gasteiger partial charge on any atom is -0.336 e. The number of piperazine rings is 1. The van der Waals surface area contributed by atoms with E-state index in [0.29, 0.717) is 31.6 Å². The monoisotopic (exact) mass is 379 g/mol. The van der Waals surface area contributed by atoms with E-state index >= 15 is 0 Å². The minimum absolute atomic E-state index is 0.0842. The van der Waals surface area contributed by atoms with Crippen molar-refractivity contribution in [3.63, 3.8) is 0 Å². The average molecular weight is 379 g/mol. The standard InChI is InChI=1S/C22H22FN3O2/c1-25-20-5-3-2-4-18(20)19(13-21(25)27)22(28)26-11-10-24-17(14-26)12-15-6-8-16(23)9-7-15/h2-9,13,17,24H,10-12,14H2,1H3. The van der Waals surface area contributed by atoms with Crippen molar-refractivity contribution in [3.8, 4) is 0 Å². The maximum Gasteiger partial charge on any atom is 0.254 e. The molecule has 0 aliphatic carbocycles. The number of fused-ring (bicyclic) bond motifs is 1. The fourth-order valence-electron chi connectivity index (χ4n) is 3.81. The molecule has 1 aliphatic heterocycles. The molecule has 1 atom stereocenters. The lowest BCUT2D eigenvalue weighted by Crippen LogP contribution is -2.53. The number of nitrogens with zero attached hydrogens (tertiary/aromatic N) is 2. The van der Waals surface area contributed by atoms with Crippen molar-refractivity contribution >= 4 is 16.8 Å². The van der Waals surface area contributed by atoms with Gasteiger partial charge in [-0.3, -0.25) is 9.59 Å². The van der Waals surface area contributed by atoms with Gasteiger partial charge in [0.1, 0.15) is 5.82 Å². The number of carbonyl (C=O) groups excluding carboxylic acids is 1. The van der Waals surface area contributed by atoms with Gasteiger partial charge in [-0.25, -0.2) is 4.39 Å². The van der Waals surface area contributed by atoms with Gasteiger partial charge >= 0.3 is 0 Å². The first-order chi connectivity index (χ1) is 13.5. The Morgan fingerprint density at radius 3 is 2.71 bits per heavy atom. The van der Waals surface area contributed by atoms with Gasteiger partial charge in [-0.15, -0.1) is 0 Å². The Labute approximate surface area is 162 Å². The van der Waals surface area contributed by atoms with E-state index in [1.165, 1.54) is 18.2 Å². The molecule has 0 saturated carbocycles. The summed E-state index contributed by atoms with van der Waals surface area (Å²) in [6.07, 6.45) is 0.710. The number of halogens is 1. The molecule has 0 radical (unpaired) electrons. The lowest BCUT2D eigenvalue weighted by atomic mass is 10.0.